The summed E-state index contributed by atoms with van der Waals surface area (Å²) in [4.78, 5) is 41.8. The van der Waals surface area contributed by atoms with E-state index in [0.717, 1.165) is 31.5 Å². The SMILES string of the molecule is CCc1ccc(N(C(C)=O)c2nc(COC(=O)C3CCCCN3c3ncccn3)cs2)cc1. The molecule has 2 aromatic heterocycles. The Balaban J connectivity index is 1.43. The number of carbonyl (C=O) groups is 2. The number of piperidine rings is 1. The highest BCUT2D eigenvalue weighted by molar-refractivity contribution is 7.14. The fourth-order valence-electron chi connectivity index (χ4n) is 3.87. The molecule has 33 heavy (non-hydrogen) atoms. The maximum Gasteiger partial charge on any atom is 0.329 e. The Labute approximate surface area is 197 Å². The number of nitrogens with zero attached hydrogens (tertiary/aromatic N) is 5. The first-order valence-corrected chi connectivity index (χ1v) is 12.0. The van der Waals surface area contributed by atoms with Gasteiger partial charge in [-0.15, -0.1) is 11.3 Å². The van der Waals surface area contributed by atoms with Gasteiger partial charge in [-0.2, -0.15) is 0 Å². The molecule has 3 heterocycles. The molecule has 8 nitrogen and oxygen atoms in total. The Hall–Kier alpha value is -3.33. The summed E-state index contributed by atoms with van der Waals surface area (Å²) in [5.74, 6) is 0.106. The lowest BCUT2D eigenvalue weighted by molar-refractivity contribution is -0.147. The second-order valence-corrected chi connectivity index (χ2v) is 8.69. The number of anilines is 3. The average molecular weight is 466 g/mol. The van der Waals surface area contributed by atoms with Crippen LogP contribution in [0.1, 0.15) is 44.4 Å². The normalized spacial score (nSPS) is 15.8. The minimum Gasteiger partial charge on any atom is -0.458 e. The first-order valence-electron chi connectivity index (χ1n) is 11.1. The van der Waals surface area contributed by atoms with Gasteiger partial charge in [-0.25, -0.2) is 19.7 Å². The zero-order chi connectivity index (χ0) is 23.2. The summed E-state index contributed by atoms with van der Waals surface area (Å²) in [5, 5.41) is 2.37. The number of amides is 1. The molecular weight excluding hydrogens is 438 g/mol. The van der Waals surface area contributed by atoms with Crippen molar-refractivity contribution in [3.63, 3.8) is 0 Å². The number of esters is 1. The molecule has 0 saturated carbocycles. The van der Waals surface area contributed by atoms with Crippen LogP contribution in [0.5, 0.6) is 0 Å². The molecule has 172 valence electrons. The van der Waals surface area contributed by atoms with Gasteiger partial charge < -0.3 is 9.64 Å². The molecule has 1 saturated heterocycles. The average Bonchev–Trinajstić information content (AvgIpc) is 3.31. The van der Waals surface area contributed by atoms with E-state index >= 15 is 0 Å². The van der Waals surface area contributed by atoms with Crippen molar-refractivity contribution < 1.29 is 14.3 Å². The molecule has 1 unspecified atom stereocenters. The molecule has 0 N–H and O–H groups in total. The predicted octanol–water partition coefficient (Wildman–Crippen LogP) is 4.28. The van der Waals surface area contributed by atoms with Gasteiger partial charge in [-0.05, 0) is 49.4 Å². The van der Waals surface area contributed by atoms with Gasteiger partial charge in [-0.3, -0.25) is 9.69 Å². The topological polar surface area (TPSA) is 88.5 Å². The van der Waals surface area contributed by atoms with Gasteiger partial charge >= 0.3 is 5.97 Å². The Morgan fingerprint density at radius 2 is 1.94 bits per heavy atom. The van der Waals surface area contributed by atoms with Gasteiger partial charge in [0.2, 0.25) is 11.9 Å². The molecular formula is C24H27N5O3S. The molecule has 1 atom stereocenters. The molecule has 0 radical (unpaired) electrons. The molecule has 1 fully saturated rings. The van der Waals surface area contributed by atoms with Crippen LogP contribution in [0.3, 0.4) is 0 Å². The van der Waals surface area contributed by atoms with E-state index in [1.807, 2.05) is 34.5 Å². The van der Waals surface area contributed by atoms with Crippen molar-refractivity contribution in [1.82, 2.24) is 15.0 Å². The van der Waals surface area contributed by atoms with E-state index in [2.05, 4.69) is 21.9 Å². The molecule has 0 spiro atoms. The molecule has 1 aliphatic rings. The number of rotatable bonds is 7. The second kappa shape index (κ2) is 10.5. The van der Waals surface area contributed by atoms with Crippen LogP contribution < -0.4 is 9.80 Å². The van der Waals surface area contributed by atoms with Crippen molar-refractivity contribution in [1.29, 1.82) is 0 Å². The van der Waals surface area contributed by atoms with Crippen LogP contribution in [-0.2, 0) is 27.4 Å². The van der Waals surface area contributed by atoms with Crippen LogP contribution in [0.25, 0.3) is 0 Å². The van der Waals surface area contributed by atoms with Crippen LogP contribution in [0.4, 0.5) is 16.8 Å². The fourth-order valence-corrected chi connectivity index (χ4v) is 4.74. The zero-order valence-corrected chi connectivity index (χ0v) is 19.6. The highest BCUT2D eigenvalue weighted by Crippen LogP contribution is 2.30. The number of benzene rings is 1. The van der Waals surface area contributed by atoms with E-state index in [4.69, 9.17) is 4.74 Å². The third-order valence-corrected chi connectivity index (χ3v) is 6.47. The number of hydrogen-bond donors (Lipinski definition) is 0. The summed E-state index contributed by atoms with van der Waals surface area (Å²) in [7, 11) is 0. The number of ether oxygens (including phenoxy) is 1. The zero-order valence-electron chi connectivity index (χ0n) is 18.8. The summed E-state index contributed by atoms with van der Waals surface area (Å²) >= 11 is 1.35. The lowest BCUT2D eigenvalue weighted by Gasteiger charge is -2.33. The minimum absolute atomic E-state index is 0.0514. The van der Waals surface area contributed by atoms with Gasteiger partial charge in [0.15, 0.2) is 5.13 Å². The van der Waals surface area contributed by atoms with Gasteiger partial charge in [0.25, 0.3) is 0 Å². The monoisotopic (exact) mass is 465 g/mol. The first-order chi connectivity index (χ1) is 16.1. The molecule has 9 heteroatoms. The smallest absolute Gasteiger partial charge is 0.329 e. The molecule has 3 aromatic rings. The summed E-state index contributed by atoms with van der Waals surface area (Å²) in [6, 6.07) is 9.20. The van der Waals surface area contributed by atoms with E-state index in [1.165, 1.54) is 23.8 Å². The lowest BCUT2D eigenvalue weighted by Crippen LogP contribution is -2.46. The molecule has 0 aliphatic carbocycles. The van der Waals surface area contributed by atoms with Crippen LogP contribution in [-0.4, -0.2) is 39.4 Å². The van der Waals surface area contributed by atoms with Crippen molar-refractivity contribution in [2.24, 2.45) is 0 Å². The Morgan fingerprint density at radius 1 is 1.18 bits per heavy atom. The largest absolute Gasteiger partial charge is 0.458 e. The molecule has 0 bridgehead atoms. The maximum absolute atomic E-state index is 12.9. The first kappa shape index (κ1) is 22.8. The van der Waals surface area contributed by atoms with Gasteiger partial charge in [0.05, 0.1) is 11.4 Å². The summed E-state index contributed by atoms with van der Waals surface area (Å²) in [5.41, 5.74) is 2.57. The van der Waals surface area contributed by atoms with Gasteiger partial charge in [0, 0.05) is 31.2 Å². The van der Waals surface area contributed by atoms with Gasteiger partial charge in [-0.1, -0.05) is 19.1 Å². The van der Waals surface area contributed by atoms with Crippen LogP contribution in [0, 0.1) is 0 Å². The van der Waals surface area contributed by atoms with Crippen LogP contribution in [0.15, 0.2) is 48.1 Å². The number of thiazole rings is 1. The highest BCUT2D eigenvalue weighted by Gasteiger charge is 2.32. The molecule has 1 amide bonds. The van der Waals surface area contributed by atoms with Crippen LogP contribution >= 0.6 is 11.3 Å². The summed E-state index contributed by atoms with van der Waals surface area (Å²) in [6.45, 7) is 4.37. The number of aromatic nitrogens is 3. The number of carbonyl (C=O) groups excluding carboxylic acids is 2. The minimum atomic E-state index is -0.412. The summed E-state index contributed by atoms with van der Waals surface area (Å²) in [6.07, 6.45) is 6.92. The second-order valence-electron chi connectivity index (χ2n) is 7.86. The van der Waals surface area contributed by atoms with E-state index in [9.17, 15) is 9.59 Å². The predicted molar refractivity (Wildman–Crippen MR) is 128 cm³/mol. The Bertz CT molecular complexity index is 1090. The fraction of sp³-hybridized carbons (Fsp3) is 0.375. The van der Waals surface area contributed by atoms with Crippen molar-refractivity contribution in [3.05, 3.63) is 59.4 Å². The van der Waals surface area contributed by atoms with Crippen LogP contribution in [0.2, 0.25) is 0 Å². The van der Waals surface area contributed by atoms with E-state index < -0.39 is 6.04 Å². The number of hydrogen-bond acceptors (Lipinski definition) is 8. The Kier molecular flexibility index (Phi) is 7.29. The van der Waals surface area contributed by atoms with E-state index in [0.29, 0.717) is 23.2 Å². The third-order valence-electron chi connectivity index (χ3n) is 5.59. The lowest BCUT2D eigenvalue weighted by atomic mass is 10.0. The maximum atomic E-state index is 12.9. The van der Waals surface area contributed by atoms with E-state index in [-0.39, 0.29) is 18.5 Å². The Morgan fingerprint density at radius 3 is 2.64 bits per heavy atom. The van der Waals surface area contributed by atoms with Crippen molar-refractivity contribution in [2.45, 2.75) is 52.2 Å². The van der Waals surface area contributed by atoms with Crippen molar-refractivity contribution in [3.8, 4) is 0 Å². The van der Waals surface area contributed by atoms with Gasteiger partial charge in [0.1, 0.15) is 12.6 Å². The third kappa shape index (κ3) is 5.36. The van der Waals surface area contributed by atoms with Crippen molar-refractivity contribution in [2.75, 3.05) is 16.3 Å². The number of aryl methyl sites for hydroxylation is 1. The quantitative estimate of drug-likeness (QED) is 0.481. The van der Waals surface area contributed by atoms with Crippen molar-refractivity contribution >= 4 is 40.0 Å². The molecule has 1 aromatic carbocycles. The highest BCUT2D eigenvalue weighted by atomic mass is 32.1. The van der Waals surface area contributed by atoms with E-state index in [1.54, 1.807) is 23.4 Å². The molecule has 4 rings (SSSR count). The standard InChI is InChI=1S/C24H27N5O3S/c1-3-18-8-10-20(11-9-18)29(17(2)30)24-27-19(16-33-24)15-32-22(31)21-7-4-5-14-28(21)23-25-12-6-13-26-23/h6,8-13,16,21H,3-5,7,14-15H2,1-2H3. The summed E-state index contributed by atoms with van der Waals surface area (Å²) < 4.78 is 5.61. The molecule has 1 aliphatic heterocycles.